The zero-order valence-electron chi connectivity index (χ0n) is 13.8. The van der Waals surface area contributed by atoms with Gasteiger partial charge in [0.25, 0.3) is 0 Å². The molecule has 22 heavy (non-hydrogen) atoms. The van der Waals surface area contributed by atoms with Crippen molar-refractivity contribution in [3.8, 4) is 5.75 Å². The maximum absolute atomic E-state index is 5.47. The quantitative estimate of drug-likeness (QED) is 0.898. The van der Waals surface area contributed by atoms with Crippen LogP contribution in [-0.4, -0.2) is 62.7 Å². The van der Waals surface area contributed by atoms with Crippen molar-refractivity contribution in [2.75, 3.05) is 52.9 Å². The molecule has 0 atom stereocenters. The van der Waals surface area contributed by atoms with Crippen LogP contribution in [0.15, 0.2) is 24.3 Å². The van der Waals surface area contributed by atoms with Crippen LogP contribution in [0.2, 0.25) is 0 Å². The number of nitrogens with zero attached hydrogens (tertiary/aromatic N) is 2. The van der Waals surface area contributed by atoms with Crippen molar-refractivity contribution in [1.29, 1.82) is 0 Å². The summed E-state index contributed by atoms with van der Waals surface area (Å²) in [6, 6.07) is 8.38. The number of ether oxygens (including phenoxy) is 1. The van der Waals surface area contributed by atoms with Crippen molar-refractivity contribution in [3.63, 3.8) is 0 Å². The van der Waals surface area contributed by atoms with Gasteiger partial charge in [-0.05, 0) is 37.9 Å². The van der Waals surface area contributed by atoms with Crippen LogP contribution in [-0.2, 0) is 6.54 Å². The standard InChI is InChI=1S/C18H29N3O/c1-22-18-5-3-2-4-17(18)15-21-12-10-20(11-13-21)14-16-6-8-19-9-7-16/h2-5,16,19H,6-15H2,1H3. The van der Waals surface area contributed by atoms with Gasteiger partial charge in [-0.1, -0.05) is 18.2 Å². The van der Waals surface area contributed by atoms with Crippen molar-refractivity contribution < 1.29 is 4.74 Å². The third kappa shape index (κ3) is 4.22. The van der Waals surface area contributed by atoms with E-state index in [1.807, 2.05) is 6.07 Å². The number of benzene rings is 1. The largest absolute Gasteiger partial charge is 0.496 e. The molecule has 1 N–H and O–H groups in total. The SMILES string of the molecule is COc1ccccc1CN1CCN(CC2CCNCC2)CC1. The molecule has 1 aromatic rings. The molecule has 2 saturated heterocycles. The van der Waals surface area contributed by atoms with Gasteiger partial charge in [0.05, 0.1) is 7.11 Å². The Kier molecular flexibility index (Phi) is 5.70. The van der Waals surface area contributed by atoms with Gasteiger partial charge in [-0.3, -0.25) is 4.90 Å². The number of nitrogens with one attached hydrogen (secondary N) is 1. The average Bonchev–Trinajstić information content (AvgIpc) is 2.58. The van der Waals surface area contributed by atoms with Gasteiger partial charge in [-0.2, -0.15) is 0 Å². The molecule has 122 valence electrons. The molecule has 0 spiro atoms. The number of rotatable bonds is 5. The third-order valence-corrected chi connectivity index (χ3v) is 5.03. The van der Waals surface area contributed by atoms with Crippen LogP contribution in [0.4, 0.5) is 0 Å². The molecule has 0 saturated carbocycles. The summed E-state index contributed by atoms with van der Waals surface area (Å²) in [6.07, 6.45) is 2.70. The highest BCUT2D eigenvalue weighted by Crippen LogP contribution is 2.20. The minimum absolute atomic E-state index is 0.905. The molecule has 2 heterocycles. The summed E-state index contributed by atoms with van der Waals surface area (Å²) in [6.45, 7) is 9.47. The molecule has 4 heteroatoms. The number of piperazine rings is 1. The van der Waals surface area contributed by atoms with Crippen LogP contribution in [0.5, 0.6) is 5.75 Å². The highest BCUT2D eigenvalue weighted by Gasteiger charge is 2.21. The molecule has 0 aliphatic carbocycles. The molecular formula is C18H29N3O. The molecule has 2 fully saturated rings. The summed E-state index contributed by atoms with van der Waals surface area (Å²) < 4.78 is 5.47. The Labute approximate surface area is 134 Å². The minimum Gasteiger partial charge on any atom is -0.496 e. The van der Waals surface area contributed by atoms with Gasteiger partial charge in [-0.25, -0.2) is 0 Å². The first kappa shape index (κ1) is 15.8. The molecule has 0 radical (unpaired) electrons. The zero-order chi connectivity index (χ0) is 15.2. The monoisotopic (exact) mass is 303 g/mol. The Balaban J connectivity index is 1.45. The summed E-state index contributed by atoms with van der Waals surface area (Å²) in [5.41, 5.74) is 1.30. The first-order chi connectivity index (χ1) is 10.8. The second kappa shape index (κ2) is 7.95. The van der Waals surface area contributed by atoms with Crippen molar-refractivity contribution >= 4 is 0 Å². The Hall–Kier alpha value is -1.10. The van der Waals surface area contributed by atoms with Crippen LogP contribution in [0.25, 0.3) is 0 Å². The van der Waals surface area contributed by atoms with Crippen LogP contribution < -0.4 is 10.1 Å². The van der Waals surface area contributed by atoms with Crippen LogP contribution in [0.3, 0.4) is 0 Å². The summed E-state index contributed by atoms with van der Waals surface area (Å²) >= 11 is 0. The number of methoxy groups -OCH3 is 1. The number of hydrogen-bond donors (Lipinski definition) is 1. The van der Waals surface area contributed by atoms with E-state index in [0.717, 1.165) is 18.2 Å². The van der Waals surface area contributed by atoms with Crippen LogP contribution in [0.1, 0.15) is 18.4 Å². The third-order valence-electron chi connectivity index (χ3n) is 5.03. The maximum atomic E-state index is 5.47. The van der Waals surface area contributed by atoms with E-state index in [1.54, 1.807) is 7.11 Å². The van der Waals surface area contributed by atoms with E-state index in [9.17, 15) is 0 Å². The molecule has 3 rings (SSSR count). The maximum Gasteiger partial charge on any atom is 0.123 e. The van der Waals surface area contributed by atoms with Crippen molar-refractivity contribution in [1.82, 2.24) is 15.1 Å². The second-order valence-corrected chi connectivity index (χ2v) is 6.58. The Bertz CT molecular complexity index is 451. The van der Waals surface area contributed by atoms with Gasteiger partial charge in [-0.15, -0.1) is 0 Å². The Morgan fingerprint density at radius 3 is 2.45 bits per heavy atom. The lowest BCUT2D eigenvalue weighted by Crippen LogP contribution is -2.48. The lowest BCUT2D eigenvalue weighted by molar-refractivity contribution is 0.106. The van der Waals surface area contributed by atoms with Gasteiger partial charge in [0.15, 0.2) is 0 Å². The summed E-state index contributed by atoms with van der Waals surface area (Å²) in [5, 5.41) is 3.46. The van der Waals surface area contributed by atoms with Gasteiger partial charge >= 0.3 is 0 Å². The highest BCUT2D eigenvalue weighted by molar-refractivity contribution is 5.33. The normalized spacial score (nSPS) is 21.9. The summed E-state index contributed by atoms with van der Waals surface area (Å²) in [7, 11) is 1.76. The number of para-hydroxylation sites is 1. The minimum atomic E-state index is 0.905. The predicted molar refractivity (Wildman–Crippen MR) is 90.3 cm³/mol. The lowest BCUT2D eigenvalue weighted by atomic mass is 9.97. The van der Waals surface area contributed by atoms with Crippen molar-refractivity contribution in [3.05, 3.63) is 29.8 Å². The summed E-state index contributed by atoms with van der Waals surface area (Å²) in [5.74, 6) is 1.92. The Morgan fingerprint density at radius 1 is 1.05 bits per heavy atom. The lowest BCUT2D eigenvalue weighted by Gasteiger charge is -2.37. The zero-order valence-corrected chi connectivity index (χ0v) is 13.8. The molecular weight excluding hydrogens is 274 g/mol. The van der Waals surface area contributed by atoms with E-state index in [-0.39, 0.29) is 0 Å². The van der Waals surface area contributed by atoms with E-state index in [0.29, 0.717) is 0 Å². The molecule has 2 aliphatic heterocycles. The van der Waals surface area contributed by atoms with E-state index in [4.69, 9.17) is 4.74 Å². The van der Waals surface area contributed by atoms with Gasteiger partial charge in [0.2, 0.25) is 0 Å². The van der Waals surface area contributed by atoms with Crippen LogP contribution >= 0.6 is 0 Å². The summed E-state index contributed by atoms with van der Waals surface area (Å²) in [4.78, 5) is 5.21. The molecule has 0 unspecified atom stereocenters. The average molecular weight is 303 g/mol. The number of piperidine rings is 1. The fraction of sp³-hybridized carbons (Fsp3) is 0.667. The Morgan fingerprint density at radius 2 is 1.73 bits per heavy atom. The van der Waals surface area contributed by atoms with Gasteiger partial charge < -0.3 is 15.0 Å². The van der Waals surface area contributed by atoms with E-state index >= 15 is 0 Å². The van der Waals surface area contributed by atoms with E-state index in [2.05, 4.69) is 33.3 Å². The second-order valence-electron chi connectivity index (χ2n) is 6.58. The van der Waals surface area contributed by atoms with E-state index < -0.39 is 0 Å². The predicted octanol–water partition coefficient (Wildman–Crippen LogP) is 1.81. The smallest absolute Gasteiger partial charge is 0.123 e. The first-order valence-electron chi connectivity index (χ1n) is 8.62. The van der Waals surface area contributed by atoms with Crippen LogP contribution in [0, 0.1) is 5.92 Å². The topological polar surface area (TPSA) is 27.7 Å². The molecule has 0 amide bonds. The first-order valence-corrected chi connectivity index (χ1v) is 8.62. The molecule has 0 aromatic heterocycles. The fourth-order valence-corrected chi connectivity index (χ4v) is 3.63. The highest BCUT2D eigenvalue weighted by atomic mass is 16.5. The molecule has 4 nitrogen and oxygen atoms in total. The molecule has 1 aromatic carbocycles. The fourth-order valence-electron chi connectivity index (χ4n) is 3.63. The van der Waals surface area contributed by atoms with Crippen molar-refractivity contribution in [2.24, 2.45) is 5.92 Å². The molecule has 2 aliphatic rings. The van der Waals surface area contributed by atoms with Gasteiger partial charge in [0.1, 0.15) is 5.75 Å². The van der Waals surface area contributed by atoms with Gasteiger partial charge in [0, 0.05) is 44.8 Å². The number of hydrogen-bond acceptors (Lipinski definition) is 4. The van der Waals surface area contributed by atoms with E-state index in [1.165, 1.54) is 64.2 Å². The van der Waals surface area contributed by atoms with Crippen molar-refractivity contribution in [2.45, 2.75) is 19.4 Å². The molecule has 0 bridgehead atoms.